The third kappa shape index (κ3) is 7.16. The molecular formula is C34H30N2O5S. The Labute approximate surface area is 246 Å². The summed E-state index contributed by atoms with van der Waals surface area (Å²) >= 11 is 0. The van der Waals surface area contributed by atoms with Gasteiger partial charge in [-0.3, -0.25) is 9.10 Å². The summed E-state index contributed by atoms with van der Waals surface area (Å²) in [5.74, 6) is 1.22. The molecule has 0 unspecified atom stereocenters. The van der Waals surface area contributed by atoms with Crippen molar-refractivity contribution >= 4 is 27.3 Å². The van der Waals surface area contributed by atoms with Gasteiger partial charge in [0, 0.05) is 0 Å². The highest BCUT2D eigenvalue weighted by atomic mass is 32.2. The number of amides is 1. The van der Waals surface area contributed by atoms with E-state index in [0.717, 1.165) is 11.1 Å². The first-order valence-electron chi connectivity index (χ1n) is 13.4. The molecule has 0 saturated heterocycles. The molecule has 0 atom stereocenters. The van der Waals surface area contributed by atoms with Crippen molar-refractivity contribution in [1.29, 1.82) is 0 Å². The summed E-state index contributed by atoms with van der Waals surface area (Å²) in [6, 6.07) is 39.3. The van der Waals surface area contributed by atoms with E-state index in [1.165, 1.54) is 4.31 Å². The topological polar surface area (TPSA) is 84.9 Å². The maximum Gasteiger partial charge on any atom is 0.264 e. The van der Waals surface area contributed by atoms with E-state index < -0.39 is 10.0 Å². The Balaban J connectivity index is 1.28. The van der Waals surface area contributed by atoms with Gasteiger partial charge in [-0.2, -0.15) is 0 Å². The Morgan fingerprint density at radius 3 is 2.02 bits per heavy atom. The highest BCUT2D eigenvalue weighted by Crippen LogP contribution is 2.30. The van der Waals surface area contributed by atoms with Gasteiger partial charge in [-0.1, -0.05) is 78.4 Å². The van der Waals surface area contributed by atoms with Crippen molar-refractivity contribution in [3.63, 3.8) is 0 Å². The molecule has 1 N–H and O–H groups in total. The molecule has 7 nitrogen and oxygen atoms in total. The van der Waals surface area contributed by atoms with Crippen LogP contribution in [0.3, 0.4) is 0 Å². The van der Waals surface area contributed by atoms with E-state index in [9.17, 15) is 13.2 Å². The average Bonchev–Trinajstić information content (AvgIpc) is 3.01. The van der Waals surface area contributed by atoms with Gasteiger partial charge in [0.2, 0.25) is 0 Å². The minimum absolute atomic E-state index is 0.157. The molecule has 0 aromatic heterocycles. The van der Waals surface area contributed by atoms with Gasteiger partial charge in [-0.15, -0.1) is 0 Å². The van der Waals surface area contributed by atoms with Crippen LogP contribution in [0.15, 0.2) is 138 Å². The van der Waals surface area contributed by atoms with Crippen molar-refractivity contribution in [1.82, 2.24) is 0 Å². The van der Waals surface area contributed by atoms with Crippen molar-refractivity contribution in [3.05, 3.63) is 145 Å². The zero-order chi connectivity index (χ0) is 29.4. The van der Waals surface area contributed by atoms with Crippen molar-refractivity contribution in [2.45, 2.75) is 18.4 Å². The fourth-order valence-corrected chi connectivity index (χ4v) is 5.67. The molecule has 0 radical (unpaired) electrons. The first-order valence-corrected chi connectivity index (χ1v) is 14.8. The Bertz CT molecular complexity index is 1730. The number of carbonyl (C=O) groups excluding carboxylic acids is 1. The number of rotatable bonds is 11. The fourth-order valence-electron chi connectivity index (χ4n) is 4.22. The summed E-state index contributed by atoms with van der Waals surface area (Å²) in [4.78, 5) is 12.9. The number of ether oxygens (including phenoxy) is 2. The van der Waals surface area contributed by atoms with E-state index >= 15 is 0 Å². The summed E-state index contributed by atoms with van der Waals surface area (Å²) in [6.07, 6.45) is 0. The van der Waals surface area contributed by atoms with Crippen LogP contribution in [0.4, 0.5) is 11.4 Å². The number of aryl methyl sites for hydroxylation is 1. The Kier molecular flexibility index (Phi) is 8.84. The second kappa shape index (κ2) is 13.1. The molecule has 0 heterocycles. The smallest absolute Gasteiger partial charge is 0.264 e. The van der Waals surface area contributed by atoms with Gasteiger partial charge in [0.25, 0.3) is 15.9 Å². The van der Waals surface area contributed by atoms with Gasteiger partial charge in [0.05, 0.1) is 22.8 Å². The summed E-state index contributed by atoms with van der Waals surface area (Å²) in [7, 11) is -3.85. The van der Waals surface area contributed by atoms with Crippen LogP contribution in [-0.2, 0) is 21.4 Å². The molecule has 0 saturated carbocycles. The van der Waals surface area contributed by atoms with Crippen LogP contribution >= 0.6 is 0 Å². The molecule has 42 heavy (non-hydrogen) atoms. The predicted molar refractivity (Wildman–Crippen MR) is 165 cm³/mol. The Morgan fingerprint density at radius 1 is 0.714 bits per heavy atom. The number of nitrogens with zero attached hydrogens (tertiary/aromatic N) is 1. The Morgan fingerprint density at radius 2 is 1.33 bits per heavy atom. The minimum atomic E-state index is -3.85. The highest BCUT2D eigenvalue weighted by Gasteiger charge is 2.25. The van der Waals surface area contributed by atoms with E-state index in [1.807, 2.05) is 73.7 Å². The van der Waals surface area contributed by atoms with Crippen LogP contribution in [0, 0.1) is 6.92 Å². The van der Waals surface area contributed by atoms with E-state index in [-0.39, 0.29) is 24.0 Å². The maximum atomic E-state index is 13.7. The number of hydrogen-bond acceptors (Lipinski definition) is 5. The molecule has 0 aliphatic carbocycles. The number of sulfonamides is 1. The third-order valence-electron chi connectivity index (χ3n) is 6.40. The summed E-state index contributed by atoms with van der Waals surface area (Å²) in [5.41, 5.74) is 2.81. The van der Waals surface area contributed by atoms with Crippen molar-refractivity contribution < 1.29 is 22.7 Å². The van der Waals surface area contributed by atoms with Crippen LogP contribution < -0.4 is 19.1 Å². The predicted octanol–water partition coefficient (Wildman–Crippen LogP) is 7.20. The lowest BCUT2D eigenvalue weighted by molar-refractivity contribution is -0.118. The lowest BCUT2D eigenvalue weighted by Crippen LogP contribution is -2.30. The maximum absolute atomic E-state index is 13.7. The molecule has 0 aliphatic rings. The van der Waals surface area contributed by atoms with Crippen molar-refractivity contribution in [2.75, 3.05) is 16.2 Å². The van der Waals surface area contributed by atoms with Gasteiger partial charge in [0.1, 0.15) is 11.5 Å². The van der Waals surface area contributed by atoms with Gasteiger partial charge < -0.3 is 14.8 Å². The van der Waals surface area contributed by atoms with E-state index in [2.05, 4.69) is 5.32 Å². The summed E-state index contributed by atoms with van der Waals surface area (Å²) in [5, 5.41) is 2.82. The van der Waals surface area contributed by atoms with Crippen LogP contribution in [0.1, 0.15) is 11.1 Å². The number of benzene rings is 5. The van der Waals surface area contributed by atoms with E-state index in [0.29, 0.717) is 28.6 Å². The first kappa shape index (κ1) is 28.4. The first-order chi connectivity index (χ1) is 20.4. The normalized spacial score (nSPS) is 11.0. The SMILES string of the molecule is Cc1ccc(S(=O)(=O)N(Cc2ccccc2)c2ccc(OCC(=O)Nc3ccccc3Oc3ccccc3)cc2)cc1. The van der Waals surface area contributed by atoms with Gasteiger partial charge in [-0.05, 0) is 73.2 Å². The number of hydrogen-bond donors (Lipinski definition) is 1. The minimum Gasteiger partial charge on any atom is -0.484 e. The van der Waals surface area contributed by atoms with Crippen LogP contribution in [-0.4, -0.2) is 20.9 Å². The quantitative estimate of drug-likeness (QED) is 0.179. The third-order valence-corrected chi connectivity index (χ3v) is 8.19. The number of nitrogens with one attached hydrogen (secondary N) is 1. The molecule has 8 heteroatoms. The van der Waals surface area contributed by atoms with Crippen molar-refractivity contribution in [2.24, 2.45) is 0 Å². The molecule has 212 valence electrons. The van der Waals surface area contributed by atoms with Crippen molar-refractivity contribution in [3.8, 4) is 17.2 Å². The standard InChI is InChI=1S/C34H30N2O5S/c1-26-16-22-31(23-17-26)42(38,39)36(24-27-10-4-2-5-11-27)28-18-20-29(21-19-28)40-25-34(37)35-32-14-8-9-15-33(32)41-30-12-6-3-7-13-30/h2-23H,24-25H2,1H3,(H,35,37). The Hall–Kier alpha value is -5.08. The molecule has 5 aromatic rings. The molecule has 1 amide bonds. The molecule has 5 aromatic carbocycles. The van der Waals surface area contributed by atoms with E-state index in [4.69, 9.17) is 9.47 Å². The van der Waals surface area contributed by atoms with Crippen LogP contribution in [0.5, 0.6) is 17.2 Å². The molecule has 0 spiro atoms. The molecule has 0 aliphatic heterocycles. The lowest BCUT2D eigenvalue weighted by atomic mass is 10.2. The summed E-state index contributed by atoms with van der Waals surface area (Å²) < 4.78 is 40.4. The lowest BCUT2D eigenvalue weighted by Gasteiger charge is -2.25. The monoisotopic (exact) mass is 578 g/mol. The van der Waals surface area contributed by atoms with Gasteiger partial charge >= 0.3 is 0 Å². The largest absolute Gasteiger partial charge is 0.484 e. The molecule has 5 rings (SSSR count). The van der Waals surface area contributed by atoms with Gasteiger partial charge in [0.15, 0.2) is 12.4 Å². The highest BCUT2D eigenvalue weighted by molar-refractivity contribution is 7.92. The van der Waals surface area contributed by atoms with Gasteiger partial charge in [-0.25, -0.2) is 8.42 Å². The average molecular weight is 579 g/mol. The fraction of sp³-hybridized carbons (Fsp3) is 0.0882. The van der Waals surface area contributed by atoms with E-state index in [1.54, 1.807) is 66.7 Å². The zero-order valence-electron chi connectivity index (χ0n) is 23.0. The number of carbonyl (C=O) groups is 1. The second-order valence-electron chi connectivity index (χ2n) is 9.55. The summed E-state index contributed by atoms with van der Waals surface area (Å²) in [6.45, 7) is 1.83. The zero-order valence-corrected chi connectivity index (χ0v) is 23.8. The number of para-hydroxylation sites is 3. The van der Waals surface area contributed by atoms with Crippen LogP contribution in [0.2, 0.25) is 0 Å². The molecule has 0 fully saturated rings. The molecular weight excluding hydrogens is 548 g/mol. The van der Waals surface area contributed by atoms with Crippen LogP contribution in [0.25, 0.3) is 0 Å². The number of anilines is 2. The molecule has 0 bridgehead atoms. The second-order valence-corrected chi connectivity index (χ2v) is 11.4.